The van der Waals surface area contributed by atoms with Crippen molar-refractivity contribution in [2.75, 3.05) is 0 Å². The lowest BCUT2D eigenvalue weighted by Crippen LogP contribution is -2.06. The van der Waals surface area contributed by atoms with Crippen LogP contribution in [-0.4, -0.2) is 21.2 Å². The molecule has 1 N–H and O–H groups in total. The Labute approximate surface area is 62.8 Å². The van der Waals surface area contributed by atoms with Crippen LogP contribution in [0.25, 0.3) is 0 Å². The Kier molecular flexibility index (Phi) is 1.75. The van der Waals surface area contributed by atoms with Crippen LogP contribution in [0.3, 0.4) is 0 Å². The molecule has 0 spiro atoms. The fourth-order valence-electron chi connectivity index (χ4n) is 0.425. The van der Waals surface area contributed by atoms with Gasteiger partial charge in [0.15, 0.2) is 0 Å². The van der Waals surface area contributed by atoms with Gasteiger partial charge in [0.25, 0.3) is 5.82 Å². The van der Waals surface area contributed by atoms with Crippen LogP contribution in [-0.2, 0) is 6.18 Å². The molecule has 1 aromatic rings. The number of aromatic carboxylic acids is 1. The zero-order valence-electron chi connectivity index (χ0n) is 5.29. The van der Waals surface area contributed by atoms with Gasteiger partial charge in [-0.1, -0.05) is 0 Å². The summed E-state index contributed by atoms with van der Waals surface area (Å²) < 4.78 is 38.6. The quantitative estimate of drug-likeness (QED) is 0.694. The maximum absolute atomic E-state index is 11.7. The van der Waals surface area contributed by atoms with Gasteiger partial charge in [-0.05, 0) is 5.16 Å². The first-order chi connectivity index (χ1) is 5.41. The number of carboxylic acids is 1. The Morgan fingerprint density at radius 2 is 2.08 bits per heavy atom. The summed E-state index contributed by atoms with van der Waals surface area (Å²) in [6.07, 6.45) is -4.80. The van der Waals surface area contributed by atoms with Crippen molar-refractivity contribution in [2.45, 2.75) is 6.18 Å². The first kappa shape index (κ1) is 8.50. The third kappa shape index (κ3) is 1.52. The molecule has 0 aliphatic heterocycles. The van der Waals surface area contributed by atoms with E-state index in [1.165, 1.54) is 0 Å². The summed E-state index contributed by atoms with van der Waals surface area (Å²) in [5, 5.41) is 10.7. The molecule has 1 rings (SSSR count). The number of carboxylic acid groups (broad SMARTS) is 1. The molecule has 0 bridgehead atoms. The molecule has 5 nitrogen and oxygen atoms in total. The number of alkyl halides is 3. The summed E-state index contributed by atoms with van der Waals surface area (Å²) in [5.74, 6) is -4.35. The number of hydrogen-bond donors (Lipinski definition) is 1. The lowest BCUT2D eigenvalue weighted by atomic mass is 10.6. The van der Waals surface area contributed by atoms with Gasteiger partial charge in [-0.2, -0.15) is 18.2 Å². The van der Waals surface area contributed by atoms with Crippen LogP contribution in [0.15, 0.2) is 4.52 Å². The second-order valence-electron chi connectivity index (χ2n) is 1.73. The fraction of sp³-hybridized carbons (Fsp3) is 0.250. The fourth-order valence-corrected chi connectivity index (χ4v) is 0.425. The molecule has 8 heteroatoms. The molecule has 0 saturated heterocycles. The number of rotatable bonds is 1. The first-order valence-corrected chi connectivity index (χ1v) is 2.55. The van der Waals surface area contributed by atoms with E-state index in [4.69, 9.17) is 5.11 Å². The van der Waals surface area contributed by atoms with E-state index in [1.54, 1.807) is 0 Å². The highest BCUT2D eigenvalue weighted by atomic mass is 19.4. The number of halogens is 3. The standard InChI is InChI=1S/C4HF3N2O3/c5-4(6,7)3-8-1(2(10)11)9-12-3/h(H,10,11). The van der Waals surface area contributed by atoms with E-state index < -0.39 is 23.9 Å². The number of hydrogen-bond acceptors (Lipinski definition) is 4. The molecule has 0 unspecified atom stereocenters. The minimum absolute atomic E-state index is 1.01. The molecule has 1 heterocycles. The van der Waals surface area contributed by atoms with Crippen LogP contribution in [0, 0.1) is 0 Å². The third-order valence-corrected chi connectivity index (χ3v) is 0.860. The van der Waals surface area contributed by atoms with Crippen LogP contribution < -0.4 is 0 Å². The van der Waals surface area contributed by atoms with Gasteiger partial charge in [0.05, 0.1) is 0 Å². The van der Waals surface area contributed by atoms with Gasteiger partial charge in [-0.15, -0.1) is 0 Å². The highest BCUT2D eigenvalue weighted by Gasteiger charge is 2.39. The van der Waals surface area contributed by atoms with Gasteiger partial charge in [0.2, 0.25) is 0 Å². The topological polar surface area (TPSA) is 76.2 Å². The Hall–Kier alpha value is -1.60. The predicted molar refractivity (Wildman–Crippen MR) is 26.3 cm³/mol. The molecule has 0 atom stereocenters. The molecule has 0 amide bonds. The van der Waals surface area contributed by atoms with Crippen molar-refractivity contribution in [3.63, 3.8) is 0 Å². The van der Waals surface area contributed by atoms with Crippen molar-refractivity contribution in [3.05, 3.63) is 11.7 Å². The van der Waals surface area contributed by atoms with Gasteiger partial charge in [0, 0.05) is 0 Å². The van der Waals surface area contributed by atoms with Gasteiger partial charge >= 0.3 is 18.0 Å². The van der Waals surface area contributed by atoms with Crippen molar-refractivity contribution in [1.29, 1.82) is 0 Å². The van der Waals surface area contributed by atoms with E-state index in [0.29, 0.717) is 0 Å². The van der Waals surface area contributed by atoms with Crippen LogP contribution in [0.4, 0.5) is 13.2 Å². The number of nitrogens with zero attached hydrogens (tertiary/aromatic N) is 2. The molecule has 12 heavy (non-hydrogen) atoms. The van der Waals surface area contributed by atoms with Crippen LogP contribution in [0.5, 0.6) is 0 Å². The summed E-state index contributed by atoms with van der Waals surface area (Å²) in [7, 11) is 0. The molecule has 0 aliphatic rings. The minimum atomic E-state index is -4.80. The van der Waals surface area contributed by atoms with Gasteiger partial charge in [0.1, 0.15) is 0 Å². The second kappa shape index (κ2) is 2.47. The molecular weight excluding hydrogens is 181 g/mol. The minimum Gasteiger partial charge on any atom is -0.475 e. The third-order valence-electron chi connectivity index (χ3n) is 0.860. The molecule has 0 radical (unpaired) electrons. The molecule has 0 aliphatic carbocycles. The van der Waals surface area contributed by atoms with Crippen molar-refractivity contribution in [2.24, 2.45) is 0 Å². The summed E-state index contributed by atoms with van der Waals surface area (Å²) >= 11 is 0. The van der Waals surface area contributed by atoms with E-state index in [1.807, 2.05) is 0 Å². The Morgan fingerprint density at radius 3 is 2.33 bits per heavy atom. The molecule has 0 saturated carbocycles. The van der Waals surface area contributed by atoms with Gasteiger partial charge in [-0.25, -0.2) is 4.79 Å². The lowest BCUT2D eigenvalue weighted by molar-refractivity contribution is -0.159. The van der Waals surface area contributed by atoms with Crippen molar-refractivity contribution < 1.29 is 27.6 Å². The SMILES string of the molecule is O=C(O)c1noc(C(F)(F)F)n1. The summed E-state index contributed by atoms with van der Waals surface area (Å²) in [6.45, 7) is 0. The second-order valence-corrected chi connectivity index (χ2v) is 1.73. The Morgan fingerprint density at radius 1 is 1.50 bits per heavy atom. The number of aromatic nitrogens is 2. The Balaban J connectivity index is 3.00. The van der Waals surface area contributed by atoms with Crippen molar-refractivity contribution >= 4 is 5.97 Å². The van der Waals surface area contributed by atoms with Gasteiger partial charge in [-0.3, -0.25) is 0 Å². The zero-order chi connectivity index (χ0) is 9.35. The highest BCUT2D eigenvalue weighted by molar-refractivity contribution is 5.82. The maximum Gasteiger partial charge on any atom is 0.471 e. The molecule has 0 aromatic carbocycles. The van der Waals surface area contributed by atoms with Crippen molar-refractivity contribution in [1.82, 2.24) is 10.1 Å². The van der Waals surface area contributed by atoms with Crippen LogP contribution in [0.2, 0.25) is 0 Å². The summed E-state index contributed by atoms with van der Waals surface area (Å²) in [6, 6.07) is 0. The maximum atomic E-state index is 11.7. The Bertz CT molecular complexity index is 305. The van der Waals surface area contributed by atoms with E-state index in [9.17, 15) is 18.0 Å². The van der Waals surface area contributed by atoms with Crippen molar-refractivity contribution in [3.8, 4) is 0 Å². The normalized spacial score (nSPS) is 11.6. The summed E-state index contributed by atoms with van der Waals surface area (Å²) in [4.78, 5) is 12.6. The molecule has 0 fully saturated rings. The highest BCUT2D eigenvalue weighted by Crippen LogP contribution is 2.27. The van der Waals surface area contributed by atoms with Crippen LogP contribution in [0.1, 0.15) is 16.5 Å². The smallest absolute Gasteiger partial charge is 0.471 e. The van der Waals surface area contributed by atoms with Gasteiger partial charge < -0.3 is 9.63 Å². The number of carbonyl (C=O) groups is 1. The van der Waals surface area contributed by atoms with E-state index in [0.717, 1.165) is 0 Å². The lowest BCUT2D eigenvalue weighted by Gasteiger charge is -1.95. The van der Waals surface area contributed by atoms with E-state index in [-0.39, 0.29) is 0 Å². The largest absolute Gasteiger partial charge is 0.475 e. The average molecular weight is 182 g/mol. The molecule has 1 aromatic heterocycles. The monoisotopic (exact) mass is 182 g/mol. The summed E-state index contributed by atoms with van der Waals surface area (Å²) in [5.41, 5.74) is 0. The molecular formula is C4HF3N2O3. The predicted octanol–water partition coefficient (Wildman–Crippen LogP) is 0.787. The van der Waals surface area contributed by atoms with E-state index >= 15 is 0 Å². The van der Waals surface area contributed by atoms with E-state index in [2.05, 4.69) is 14.7 Å². The average Bonchev–Trinajstić information content (AvgIpc) is 2.30. The first-order valence-electron chi connectivity index (χ1n) is 2.55. The zero-order valence-corrected chi connectivity index (χ0v) is 5.29. The van der Waals surface area contributed by atoms with Crippen LogP contribution >= 0.6 is 0 Å². The molecule has 66 valence electrons.